The minimum absolute atomic E-state index is 0. The van der Waals surface area contributed by atoms with Crippen LogP contribution in [0, 0.1) is 0 Å². The first kappa shape index (κ1) is 23.6. The first-order valence-electron chi connectivity index (χ1n) is 10.2. The van der Waals surface area contributed by atoms with Gasteiger partial charge in [0.25, 0.3) is 0 Å². The van der Waals surface area contributed by atoms with Gasteiger partial charge in [-0.05, 0) is 34.4 Å². The van der Waals surface area contributed by atoms with Crippen LogP contribution < -0.4 is 4.74 Å². The number of ether oxygens (including phenoxy) is 2. The quantitative estimate of drug-likeness (QED) is 0.567. The number of amides is 1. The summed E-state index contributed by atoms with van der Waals surface area (Å²) in [6.45, 7) is -0.585. The van der Waals surface area contributed by atoms with E-state index in [0.717, 1.165) is 27.2 Å². The summed E-state index contributed by atoms with van der Waals surface area (Å²) >= 11 is 0. The fourth-order valence-corrected chi connectivity index (χ4v) is 4.04. The Hall–Kier alpha value is -4.04. The maximum absolute atomic E-state index is 12.8. The molecule has 1 amide bonds. The number of carbonyl (C=O) groups is 2. The molecule has 0 saturated carbocycles. The number of carbonyl (C=O) groups excluding carboxylic acids is 1. The normalized spacial score (nSPS) is 11.7. The molecule has 0 heterocycles. The van der Waals surface area contributed by atoms with Gasteiger partial charge >= 0.3 is 12.1 Å². The lowest BCUT2D eigenvalue weighted by atomic mass is 9.98. The largest absolute Gasteiger partial charge is 0.507 e. The summed E-state index contributed by atoms with van der Waals surface area (Å²) in [7, 11) is 1.47. The molecule has 1 aliphatic carbocycles. The molecule has 0 aromatic heterocycles. The Bertz CT molecular complexity index is 1120. The standard InChI is InChI=1S/C25H23NO6.H2O/c1-31-17-11-10-16(23(27)12-17)13-26(14-24(28)29)25(30)32-15-22-20-8-4-2-6-18(20)19-7-3-5-9-21(19)22;/h2-12,22,27H,13-15H2,1H3,(H,28,29);1H2. The van der Waals surface area contributed by atoms with Crippen molar-refractivity contribution in [2.24, 2.45) is 0 Å². The smallest absolute Gasteiger partial charge is 0.410 e. The molecule has 0 radical (unpaired) electrons. The zero-order valence-corrected chi connectivity index (χ0v) is 18.0. The van der Waals surface area contributed by atoms with Crippen molar-refractivity contribution in [3.63, 3.8) is 0 Å². The number of carboxylic acids is 1. The average Bonchev–Trinajstić information content (AvgIpc) is 3.11. The highest BCUT2D eigenvalue weighted by Gasteiger charge is 2.30. The number of rotatable bonds is 7. The number of phenols is 1. The van der Waals surface area contributed by atoms with Gasteiger partial charge in [0, 0.05) is 17.5 Å². The number of fused-ring (bicyclic) bond motifs is 3. The predicted octanol–water partition coefficient (Wildman–Crippen LogP) is 3.41. The molecule has 0 fully saturated rings. The second-order valence-electron chi connectivity index (χ2n) is 7.55. The molecule has 0 saturated heterocycles. The number of nitrogens with zero attached hydrogens (tertiary/aromatic N) is 1. The van der Waals surface area contributed by atoms with Crippen LogP contribution in [0.25, 0.3) is 11.1 Å². The lowest BCUT2D eigenvalue weighted by Crippen LogP contribution is -2.36. The molecule has 0 spiro atoms. The number of methoxy groups -OCH3 is 1. The number of hydrogen-bond acceptors (Lipinski definition) is 5. The number of aromatic hydroxyl groups is 1. The van der Waals surface area contributed by atoms with Crippen molar-refractivity contribution >= 4 is 12.1 Å². The highest BCUT2D eigenvalue weighted by molar-refractivity contribution is 5.79. The summed E-state index contributed by atoms with van der Waals surface area (Å²) < 4.78 is 10.6. The third kappa shape index (κ3) is 4.91. The molecule has 3 aromatic carbocycles. The summed E-state index contributed by atoms with van der Waals surface area (Å²) in [5.41, 5.74) is 4.74. The van der Waals surface area contributed by atoms with Gasteiger partial charge in [-0.15, -0.1) is 0 Å². The fraction of sp³-hybridized carbons (Fsp3) is 0.200. The molecule has 4 N–H and O–H groups in total. The summed E-state index contributed by atoms with van der Waals surface area (Å²) in [6, 6.07) is 20.6. The Morgan fingerprint density at radius 2 is 1.58 bits per heavy atom. The Kier molecular flexibility index (Phi) is 7.20. The molecule has 3 aromatic rings. The second kappa shape index (κ2) is 10.1. The van der Waals surface area contributed by atoms with Crippen molar-refractivity contribution in [1.82, 2.24) is 4.90 Å². The molecule has 0 bridgehead atoms. The van der Waals surface area contributed by atoms with E-state index in [1.165, 1.54) is 13.2 Å². The van der Waals surface area contributed by atoms with Crippen LogP contribution in [-0.2, 0) is 16.1 Å². The molecule has 8 nitrogen and oxygen atoms in total. The van der Waals surface area contributed by atoms with E-state index in [1.54, 1.807) is 12.1 Å². The number of hydrogen-bond donors (Lipinski definition) is 2. The summed E-state index contributed by atoms with van der Waals surface area (Å²) in [4.78, 5) is 25.2. The van der Waals surface area contributed by atoms with Crippen LogP contribution >= 0.6 is 0 Å². The van der Waals surface area contributed by atoms with Crippen LogP contribution in [0.4, 0.5) is 4.79 Å². The Morgan fingerprint density at radius 1 is 0.970 bits per heavy atom. The van der Waals surface area contributed by atoms with E-state index >= 15 is 0 Å². The van der Waals surface area contributed by atoms with Crippen molar-refractivity contribution in [1.29, 1.82) is 0 Å². The second-order valence-corrected chi connectivity index (χ2v) is 7.55. The van der Waals surface area contributed by atoms with E-state index < -0.39 is 18.6 Å². The lowest BCUT2D eigenvalue weighted by Gasteiger charge is -2.22. The first-order valence-corrected chi connectivity index (χ1v) is 10.2. The molecule has 0 atom stereocenters. The number of phenolic OH excluding ortho intramolecular Hbond substituents is 1. The highest BCUT2D eigenvalue weighted by atomic mass is 16.6. The average molecular weight is 451 g/mol. The van der Waals surface area contributed by atoms with Gasteiger partial charge in [-0.2, -0.15) is 0 Å². The molecule has 33 heavy (non-hydrogen) atoms. The molecule has 0 aliphatic heterocycles. The third-order valence-corrected chi connectivity index (χ3v) is 5.57. The lowest BCUT2D eigenvalue weighted by molar-refractivity contribution is -0.138. The van der Waals surface area contributed by atoms with E-state index in [2.05, 4.69) is 0 Å². The van der Waals surface area contributed by atoms with Crippen LogP contribution in [0.5, 0.6) is 11.5 Å². The Balaban J connectivity index is 0.00000306. The van der Waals surface area contributed by atoms with E-state index in [1.807, 2.05) is 48.5 Å². The molecule has 172 valence electrons. The van der Waals surface area contributed by atoms with E-state index in [9.17, 15) is 19.8 Å². The topological polar surface area (TPSA) is 128 Å². The van der Waals surface area contributed by atoms with Crippen molar-refractivity contribution in [3.8, 4) is 22.6 Å². The van der Waals surface area contributed by atoms with E-state index in [-0.39, 0.29) is 30.3 Å². The Labute approximate surface area is 190 Å². The Morgan fingerprint density at radius 3 is 2.12 bits per heavy atom. The monoisotopic (exact) mass is 451 g/mol. The molecule has 4 rings (SSSR count). The fourth-order valence-electron chi connectivity index (χ4n) is 4.04. The molecule has 0 unspecified atom stereocenters. The summed E-state index contributed by atoms with van der Waals surface area (Å²) in [5, 5.41) is 19.5. The van der Waals surface area contributed by atoms with Crippen LogP contribution in [0.2, 0.25) is 0 Å². The number of carboxylic acid groups (broad SMARTS) is 1. The van der Waals surface area contributed by atoms with Gasteiger partial charge in [-0.1, -0.05) is 48.5 Å². The number of aliphatic carboxylic acids is 1. The van der Waals surface area contributed by atoms with Crippen molar-refractivity contribution in [2.75, 3.05) is 20.3 Å². The van der Waals surface area contributed by atoms with Crippen molar-refractivity contribution < 1.29 is 34.8 Å². The first-order chi connectivity index (χ1) is 15.5. The molecule has 1 aliphatic rings. The minimum Gasteiger partial charge on any atom is -0.507 e. The number of benzene rings is 3. The van der Waals surface area contributed by atoms with Gasteiger partial charge in [0.2, 0.25) is 0 Å². The van der Waals surface area contributed by atoms with Gasteiger partial charge in [0.15, 0.2) is 0 Å². The highest BCUT2D eigenvalue weighted by Crippen LogP contribution is 2.44. The zero-order chi connectivity index (χ0) is 22.7. The van der Waals surface area contributed by atoms with Crippen LogP contribution in [0.15, 0.2) is 66.7 Å². The van der Waals surface area contributed by atoms with Crippen molar-refractivity contribution in [3.05, 3.63) is 83.4 Å². The van der Waals surface area contributed by atoms with Gasteiger partial charge in [-0.25, -0.2) is 4.79 Å². The van der Waals surface area contributed by atoms with E-state index in [0.29, 0.717) is 11.3 Å². The SMILES string of the molecule is COc1ccc(CN(CC(=O)O)C(=O)OCC2c3ccccc3-c3ccccc32)c(O)c1.O. The van der Waals surface area contributed by atoms with Crippen LogP contribution in [-0.4, -0.2) is 52.9 Å². The van der Waals surface area contributed by atoms with Gasteiger partial charge < -0.3 is 25.2 Å². The summed E-state index contributed by atoms with van der Waals surface area (Å²) in [5.74, 6) is -0.942. The minimum atomic E-state index is -1.17. The van der Waals surface area contributed by atoms with Crippen LogP contribution in [0.3, 0.4) is 0 Å². The van der Waals surface area contributed by atoms with Crippen LogP contribution in [0.1, 0.15) is 22.6 Å². The van der Waals surface area contributed by atoms with E-state index in [4.69, 9.17) is 9.47 Å². The maximum atomic E-state index is 12.8. The van der Waals surface area contributed by atoms with Gasteiger partial charge in [0.1, 0.15) is 24.7 Å². The molecular weight excluding hydrogens is 426 g/mol. The summed E-state index contributed by atoms with van der Waals surface area (Å²) in [6.07, 6.45) is -0.760. The molecular formula is C25H25NO7. The zero-order valence-electron chi connectivity index (χ0n) is 18.0. The van der Waals surface area contributed by atoms with Gasteiger partial charge in [-0.3, -0.25) is 9.69 Å². The molecule has 8 heteroatoms. The third-order valence-electron chi connectivity index (χ3n) is 5.57. The van der Waals surface area contributed by atoms with Crippen molar-refractivity contribution in [2.45, 2.75) is 12.5 Å². The van der Waals surface area contributed by atoms with Gasteiger partial charge in [0.05, 0.1) is 13.7 Å². The predicted molar refractivity (Wildman–Crippen MR) is 121 cm³/mol. The maximum Gasteiger partial charge on any atom is 0.410 e.